The zero-order chi connectivity index (χ0) is 12.0. The summed E-state index contributed by atoms with van der Waals surface area (Å²) in [6.07, 6.45) is -0.458. The molecule has 0 aromatic heterocycles. The topological polar surface area (TPSA) is 41.5 Å². The number of nitrogens with one attached hydrogen (secondary N) is 1. The number of likely N-dealkylation sites (N-methyl/N-ethyl adjacent to an activating group) is 1. The first kappa shape index (κ1) is 13.0. The molecular formula is C13H21NO2. The summed E-state index contributed by atoms with van der Waals surface area (Å²) in [4.78, 5) is 0. The fourth-order valence-corrected chi connectivity index (χ4v) is 1.52. The molecular weight excluding hydrogens is 202 g/mol. The van der Waals surface area contributed by atoms with Crippen LogP contribution in [0.4, 0.5) is 0 Å². The van der Waals surface area contributed by atoms with Crippen LogP contribution < -0.4 is 10.1 Å². The highest BCUT2D eigenvalue weighted by molar-refractivity contribution is 5.35. The lowest BCUT2D eigenvalue weighted by atomic mass is 10.1. The molecule has 0 bridgehead atoms. The molecule has 1 atom stereocenters. The number of benzene rings is 1. The molecule has 0 saturated carbocycles. The number of hydrogen-bond donors (Lipinski definition) is 2. The highest BCUT2D eigenvalue weighted by Crippen LogP contribution is 2.18. The zero-order valence-corrected chi connectivity index (χ0v) is 10.3. The second kappa shape index (κ2) is 6.51. The number of aliphatic hydroxyl groups is 1. The normalized spacial score (nSPS) is 12.5. The smallest absolute Gasteiger partial charge is 0.122 e. The van der Waals surface area contributed by atoms with E-state index in [2.05, 4.69) is 18.3 Å². The molecule has 0 aliphatic rings. The Morgan fingerprint density at radius 2 is 2.12 bits per heavy atom. The minimum Gasteiger partial charge on any atom is -0.491 e. The molecule has 0 aliphatic heterocycles. The van der Waals surface area contributed by atoms with Crippen molar-refractivity contribution < 1.29 is 9.84 Å². The number of ether oxygens (including phenoxy) is 1. The number of aryl methyl sites for hydroxylation is 2. The van der Waals surface area contributed by atoms with Gasteiger partial charge in [-0.1, -0.05) is 24.6 Å². The molecule has 0 amide bonds. The van der Waals surface area contributed by atoms with Crippen molar-refractivity contribution in [1.29, 1.82) is 0 Å². The van der Waals surface area contributed by atoms with Crippen LogP contribution in [0.15, 0.2) is 18.2 Å². The Morgan fingerprint density at radius 1 is 1.38 bits per heavy atom. The molecule has 0 fully saturated rings. The van der Waals surface area contributed by atoms with Crippen LogP contribution in [0.3, 0.4) is 0 Å². The van der Waals surface area contributed by atoms with Gasteiger partial charge in [0.05, 0.1) is 0 Å². The maximum absolute atomic E-state index is 9.60. The van der Waals surface area contributed by atoms with Gasteiger partial charge in [-0.3, -0.25) is 0 Å². The molecule has 1 aromatic rings. The molecule has 16 heavy (non-hydrogen) atoms. The molecule has 0 spiro atoms. The molecule has 90 valence electrons. The third-order valence-electron chi connectivity index (χ3n) is 2.39. The molecule has 1 rings (SSSR count). The van der Waals surface area contributed by atoms with Gasteiger partial charge >= 0.3 is 0 Å². The van der Waals surface area contributed by atoms with E-state index in [4.69, 9.17) is 4.74 Å². The van der Waals surface area contributed by atoms with Crippen molar-refractivity contribution in [2.75, 3.05) is 19.7 Å². The summed E-state index contributed by atoms with van der Waals surface area (Å²) in [6, 6.07) is 6.04. The molecule has 0 aliphatic carbocycles. The van der Waals surface area contributed by atoms with E-state index in [1.807, 2.05) is 26.0 Å². The van der Waals surface area contributed by atoms with E-state index < -0.39 is 6.10 Å². The molecule has 2 N–H and O–H groups in total. The van der Waals surface area contributed by atoms with Gasteiger partial charge in [0.25, 0.3) is 0 Å². The van der Waals surface area contributed by atoms with Crippen LogP contribution in [0, 0.1) is 13.8 Å². The Hall–Kier alpha value is -1.06. The summed E-state index contributed by atoms with van der Waals surface area (Å²) in [6.45, 7) is 7.84. The number of hydrogen-bond acceptors (Lipinski definition) is 3. The highest BCUT2D eigenvalue weighted by Gasteiger charge is 2.05. The van der Waals surface area contributed by atoms with E-state index in [-0.39, 0.29) is 0 Å². The molecule has 1 unspecified atom stereocenters. The van der Waals surface area contributed by atoms with Gasteiger partial charge in [0, 0.05) is 6.54 Å². The van der Waals surface area contributed by atoms with E-state index in [0.29, 0.717) is 13.2 Å². The van der Waals surface area contributed by atoms with Gasteiger partial charge in [0.2, 0.25) is 0 Å². The van der Waals surface area contributed by atoms with Crippen LogP contribution in [0.5, 0.6) is 5.75 Å². The van der Waals surface area contributed by atoms with E-state index in [0.717, 1.165) is 17.9 Å². The SMILES string of the molecule is CCNCC(O)COc1ccc(C)cc1C. The van der Waals surface area contributed by atoms with Crippen LogP contribution in [0.2, 0.25) is 0 Å². The van der Waals surface area contributed by atoms with Gasteiger partial charge in [-0.05, 0) is 32.0 Å². The Kier molecular flexibility index (Phi) is 5.29. The van der Waals surface area contributed by atoms with Crippen LogP contribution in [0.25, 0.3) is 0 Å². The van der Waals surface area contributed by atoms with Gasteiger partial charge in [-0.15, -0.1) is 0 Å². The number of rotatable bonds is 6. The van der Waals surface area contributed by atoms with Crippen molar-refractivity contribution in [3.63, 3.8) is 0 Å². The fourth-order valence-electron chi connectivity index (χ4n) is 1.52. The molecule has 0 saturated heterocycles. The molecule has 0 heterocycles. The van der Waals surface area contributed by atoms with Crippen molar-refractivity contribution in [2.24, 2.45) is 0 Å². The lowest BCUT2D eigenvalue weighted by Crippen LogP contribution is -2.31. The van der Waals surface area contributed by atoms with Crippen molar-refractivity contribution in [2.45, 2.75) is 26.9 Å². The third kappa shape index (κ3) is 4.21. The molecule has 3 heteroatoms. The zero-order valence-electron chi connectivity index (χ0n) is 10.3. The third-order valence-corrected chi connectivity index (χ3v) is 2.39. The average molecular weight is 223 g/mol. The van der Waals surface area contributed by atoms with E-state index >= 15 is 0 Å². The Labute approximate surface area is 97.4 Å². The quantitative estimate of drug-likeness (QED) is 0.770. The monoisotopic (exact) mass is 223 g/mol. The lowest BCUT2D eigenvalue weighted by molar-refractivity contribution is 0.106. The average Bonchev–Trinajstić information content (AvgIpc) is 2.25. The summed E-state index contributed by atoms with van der Waals surface area (Å²) < 4.78 is 5.56. The minimum atomic E-state index is -0.458. The molecule has 1 aromatic carbocycles. The second-order valence-corrected chi connectivity index (χ2v) is 4.04. The largest absolute Gasteiger partial charge is 0.491 e. The molecule has 3 nitrogen and oxygen atoms in total. The second-order valence-electron chi connectivity index (χ2n) is 4.04. The Morgan fingerprint density at radius 3 is 2.75 bits per heavy atom. The standard InChI is InChI=1S/C13H21NO2/c1-4-14-8-12(15)9-16-13-6-5-10(2)7-11(13)3/h5-7,12,14-15H,4,8-9H2,1-3H3. The summed E-state index contributed by atoms with van der Waals surface area (Å²) in [5.41, 5.74) is 2.33. The first-order valence-corrected chi connectivity index (χ1v) is 5.72. The summed E-state index contributed by atoms with van der Waals surface area (Å²) in [7, 11) is 0. The highest BCUT2D eigenvalue weighted by atomic mass is 16.5. The lowest BCUT2D eigenvalue weighted by Gasteiger charge is -2.14. The van der Waals surface area contributed by atoms with Gasteiger partial charge in [0.1, 0.15) is 18.5 Å². The summed E-state index contributed by atoms with van der Waals surface area (Å²) in [5, 5.41) is 12.7. The maximum Gasteiger partial charge on any atom is 0.122 e. The van der Waals surface area contributed by atoms with E-state index in [9.17, 15) is 5.11 Å². The summed E-state index contributed by atoms with van der Waals surface area (Å²) in [5.74, 6) is 0.848. The van der Waals surface area contributed by atoms with Crippen LogP contribution in [-0.4, -0.2) is 30.9 Å². The van der Waals surface area contributed by atoms with E-state index in [1.165, 1.54) is 5.56 Å². The number of aliphatic hydroxyl groups excluding tert-OH is 1. The first-order valence-electron chi connectivity index (χ1n) is 5.72. The van der Waals surface area contributed by atoms with Crippen molar-refractivity contribution >= 4 is 0 Å². The first-order chi connectivity index (χ1) is 7.63. The van der Waals surface area contributed by atoms with Gasteiger partial charge in [-0.2, -0.15) is 0 Å². The predicted octanol–water partition coefficient (Wildman–Crippen LogP) is 1.65. The Balaban J connectivity index is 2.42. The van der Waals surface area contributed by atoms with Crippen LogP contribution in [-0.2, 0) is 0 Å². The van der Waals surface area contributed by atoms with Crippen LogP contribution in [0.1, 0.15) is 18.1 Å². The van der Waals surface area contributed by atoms with Gasteiger partial charge in [-0.25, -0.2) is 0 Å². The van der Waals surface area contributed by atoms with Crippen molar-refractivity contribution in [3.05, 3.63) is 29.3 Å². The molecule has 0 radical (unpaired) electrons. The Bertz CT molecular complexity index is 326. The van der Waals surface area contributed by atoms with Gasteiger partial charge < -0.3 is 15.2 Å². The summed E-state index contributed by atoms with van der Waals surface area (Å²) >= 11 is 0. The minimum absolute atomic E-state index is 0.330. The van der Waals surface area contributed by atoms with Crippen molar-refractivity contribution in [1.82, 2.24) is 5.32 Å². The van der Waals surface area contributed by atoms with Crippen LogP contribution >= 0.6 is 0 Å². The van der Waals surface area contributed by atoms with Gasteiger partial charge in [0.15, 0.2) is 0 Å². The maximum atomic E-state index is 9.60. The predicted molar refractivity (Wildman–Crippen MR) is 66.0 cm³/mol. The fraction of sp³-hybridized carbons (Fsp3) is 0.538. The van der Waals surface area contributed by atoms with Crippen molar-refractivity contribution in [3.8, 4) is 5.75 Å². The van der Waals surface area contributed by atoms with E-state index in [1.54, 1.807) is 0 Å².